The number of hydrazone groups is 1. The number of amides is 1. The van der Waals surface area contributed by atoms with E-state index in [9.17, 15) is 13.2 Å². The highest BCUT2D eigenvalue weighted by atomic mass is 35.5. The topological polar surface area (TPSA) is 108 Å². The summed E-state index contributed by atoms with van der Waals surface area (Å²) in [5.41, 5.74) is 2.29. The number of nitrogens with one attached hydrogen (secondary N) is 1. The van der Waals surface area contributed by atoms with Gasteiger partial charge in [0.05, 0.1) is 5.75 Å². The molecule has 2 aromatic carbocycles. The number of hydrogen-bond donors (Lipinski definition) is 2. The van der Waals surface area contributed by atoms with Crippen molar-refractivity contribution < 1.29 is 23.2 Å². The summed E-state index contributed by atoms with van der Waals surface area (Å²) in [6.07, 6.45) is 2.39. The number of aryl methyl sites for hydroxylation is 1. The lowest BCUT2D eigenvalue weighted by Gasteiger charge is -2.29. The fourth-order valence-corrected chi connectivity index (χ4v) is 4.52. The molecule has 3 rings (SSSR count). The number of hydrogen-bond acceptors (Lipinski definition) is 6. The van der Waals surface area contributed by atoms with Crippen LogP contribution < -0.4 is 10.2 Å². The van der Waals surface area contributed by atoms with E-state index in [1.165, 1.54) is 11.7 Å². The van der Waals surface area contributed by atoms with Crippen LogP contribution in [0.4, 0.5) is 0 Å². The Balaban J connectivity index is 1.63. The summed E-state index contributed by atoms with van der Waals surface area (Å²) in [5.74, 6) is 0.171. The predicted octanol–water partition coefficient (Wildman–Crippen LogP) is 2.96. The molecule has 0 fully saturated rings. The fraction of sp³-hybridized carbons (Fsp3) is 0.263. The molecule has 1 atom stereocenters. The van der Waals surface area contributed by atoms with Crippen LogP contribution in [0.15, 0.2) is 53.6 Å². The Kier molecular flexibility index (Phi) is 6.73. The molecule has 1 heterocycles. The molecule has 1 aliphatic rings. The molecule has 1 aliphatic heterocycles. The molecule has 1 unspecified atom stereocenters. The van der Waals surface area contributed by atoms with Crippen LogP contribution in [0, 0.1) is 0 Å². The van der Waals surface area contributed by atoms with Crippen molar-refractivity contribution in [2.75, 3.05) is 5.75 Å². The van der Waals surface area contributed by atoms with Crippen molar-refractivity contribution in [1.82, 2.24) is 9.89 Å². The zero-order valence-electron chi connectivity index (χ0n) is 15.4. The lowest BCUT2D eigenvalue weighted by molar-refractivity contribution is -0.133. The minimum atomic E-state index is -3.83. The zero-order chi connectivity index (χ0) is 20.9. The molecular formula is C19H20ClN3O5S. The van der Waals surface area contributed by atoms with Crippen molar-refractivity contribution in [2.45, 2.75) is 25.3 Å². The number of benzene rings is 2. The number of halogens is 1. The van der Waals surface area contributed by atoms with E-state index in [0.717, 1.165) is 9.98 Å². The lowest BCUT2D eigenvalue weighted by Crippen LogP contribution is -2.48. The Hall–Kier alpha value is -2.62. The molecule has 0 aromatic heterocycles. The van der Waals surface area contributed by atoms with E-state index in [-0.39, 0.29) is 18.6 Å². The summed E-state index contributed by atoms with van der Waals surface area (Å²) in [5, 5.41) is 13.3. The van der Waals surface area contributed by atoms with E-state index in [1.807, 2.05) is 0 Å². The van der Waals surface area contributed by atoms with Gasteiger partial charge in [-0.3, -0.25) is 10.0 Å². The summed E-state index contributed by atoms with van der Waals surface area (Å²) < 4.78 is 31.8. The Morgan fingerprint density at radius 1 is 1.24 bits per heavy atom. The first-order chi connectivity index (χ1) is 13.9. The van der Waals surface area contributed by atoms with Crippen LogP contribution in [0.2, 0.25) is 5.02 Å². The molecule has 29 heavy (non-hydrogen) atoms. The number of carbonyl (C=O) groups is 1. The largest absolute Gasteiger partial charge is 0.457 e. The van der Waals surface area contributed by atoms with Crippen molar-refractivity contribution in [3.05, 3.63) is 59.1 Å². The molecule has 0 radical (unpaired) electrons. The highest BCUT2D eigenvalue weighted by Gasteiger charge is 2.34. The first-order valence-corrected chi connectivity index (χ1v) is 10.9. The predicted molar refractivity (Wildman–Crippen MR) is 109 cm³/mol. The standard InChI is InChI=1S/C19H20ClN3O5S/c20-15-3-1-4-17(13-15)28-16-8-6-14(7-9-16)10-12-29(26,27)23-18(19(24)22-25)5-2-11-21-23/h1,3-4,6-9,11,13,18,25H,2,5,10,12H2,(H,22,24). The molecule has 154 valence electrons. The van der Waals surface area contributed by atoms with Crippen molar-refractivity contribution >= 4 is 33.7 Å². The summed E-state index contributed by atoms with van der Waals surface area (Å²) in [6.45, 7) is 0. The van der Waals surface area contributed by atoms with Gasteiger partial charge in [0.15, 0.2) is 0 Å². The molecule has 2 aromatic rings. The average Bonchev–Trinajstić information content (AvgIpc) is 2.73. The number of nitrogens with zero attached hydrogens (tertiary/aromatic N) is 2. The number of carbonyl (C=O) groups excluding carboxylic acids is 1. The molecule has 0 bridgehead atoms. The Bertz CT molecular complexity index is 995. The SMILES string of the molecule is O=C(NO)C1CCC=NN1S(=O)(=O)CCc1ccc(Oc2cccc(Cl)c2)cc1. The van der Waals surface area contributed by atoms with E-state index >= 15 is 0 Å². The lowest BCUT2D eigenvalue weighted by atomic mass is 10.1. The monoisotopic (exact) mass is 437 g/mol. The second kappa shape index (κ2) is 9.25. The summed E-state index contributed by atoms with van der Waals surface area (Å²) in [4.78, 5) is 11.7. The molecule has 8 nitrogen and oxygen atoms in total. The van der Waals surface area contributed by atoms with Crippen LogP contribution in [0.1, 0.15) is 18.4 Å². The van der Waals surface area contributed by atoms with Crippen LogP contribution in [0.5, 0.6) is 11.5 Å². The highest BCUT2D eigenvalue weighted by Crippen LogP contribution is 2.25. The summed E-state index contributed by atoms with van der Waals surface area (Å²) >= 11 is 5.93. The van der Waals surface area contributed by atoms with Gasteiger partial charge in [0, 0.05) is 11.2 Å². The maximum absolute atomic E-state index is 12.6. The van der Waals surface area contributed by atoms with Gasteiger partial charge in [-0.05, 0) is 55.2 Å². The normalized spacial score (nSPS) is 16.5. The van der Waals surface area contributed by atoms with E-state index in [2.05, 4.69) is 5.10 Å². The molecule has 10 heteroatoms. The Morgan fingerprint density at radius 3 is 2.69 bits per heavy atom. The van der Waals surface area contributed by atoms with E-state index in [1.54, 1.807) is 48.5 Å². The van der Waals surface area contributed by atoms with Gasteiger partial charge in [-0.15, -0.1) is 0 Å². The van der Waals surface area contributed by atoms with Crippen LogP contribution in [0.25, 0.3) is 0 Å². The van der Waals surface area contributed by atoms with Gasteiger partial charge in [0.25, 0.3) is 15.9 Å². The molecule has 0 saturated heterocycles. The minimum Gasteiger partial charge on any atom is -0.457 e. The van der Waals surface area contributed by atoms with Crippen LogP contribution in [-0.2, 0) is 21.2 Å². The van der Waals surface area contributed by atoms with Gasteiger partial charge >= 0.3 is 0 Å². The maximum Gasteiger partial charge on any atom is 0.269 e. The molecular weight excluding hydrogens is 418 g/mol. The van der Waals surface area contributed by atoms with Crippen LogP contribution >= 0.6 is 11.6 Å². The fourth-order valence-electron chi connectivity index (χ4n) is 2.86. The quantitative estimate of drug-likeness (QED) is 0.511. The van der Waals surface area contributed by atoms with E-state index < -0.39 is 22.0 Å². The number of rotatable bonds is 7. The second-order valence-corrected chi connectivity index (χ2v) is 8.79. The van der Waals surface area contributed by atoms with Gasteiger partial charge in [-0.1, -0.05) is 29.8 Å². The second-order valence-electron chi connectivity index (χ2n) is 6.41. The third kappa shape index (κ3) is 5.47. The Morgan fingerprint density at radius 2 is 2.00 bits per heavy atom. The van der Waals surface area contributed by atoms with Gasteiger partial charge in [-0.2, -0.15) is 9.52 Å². The number of ether oxygens (including phenoxy) is 1. The van der Waals surface area contributed by atoms with Crippen LogP contribution in [0.3, 0.4) is 0 Å². The third-order valence-electron chi connectivity index (χ3n) is 4.33. The van der Waals surface area contributed by atoms with Gasteiger partial charge < -0.3 is 4.74 Å². The summed E-state index contributed by atoms with van der Waals surface area (Å²) in [6, 6.07) is 13.0. The smallest absolute Gasteiger partial charge is 0.269 e. The van der Waals surface area contributed by atoms with Crippen molar-refractivity contribution in [2.24, 2.45) is 5.10 Å². The molecule has 0 spiro atoms. The molecule has 0 saturated carbocycles. The molecule has 2 N–H and O–H groups in total. The van der Waals surface area contributed by atoms with Gasteiger partial charge in [0.2, 0.25) is 0 Å². The summed E-state index contributed by atoms with van der Waals surface area (Å²) in [7, 11) is -3.83. The molecule has 0 aliphatic carbocycles. The maximum atomic E-state index is 12.6. The van der Waals surface area contributed by atoms with Crippen molar-refractivity contribution in [3.63, 3.8) is 0 Å². The van der Waals surface area contributed by atoms with E-state index in [0.29, 0.717) is 22.9 Å². The van der Waals surface area contributed by atoms with Crippen molar-refractivity contribution in [3.8, 4) is 11.5 Å². The first kappa shape index (κ1) is 21.1. The zero-order valence-corrected chi connectivity index (χ0v) is 16.9. The minimum absolute atomic E-state index is 0.228. The van der Waals surface area contributed by atoms with E-state index in [4.69, 9.17) is 21.5 Å². The first-order valence-electron chi connectivity index (χ1n) is 8.90. The molecule has 1 amide bonds. The number of hydroxylamine groups is 1. The van der Waals surface area contributed by atoms with Gasteiger partial charge in [-0.25, -0.2) is 13.9 Å². The average molecular weight is 438 g/mol. The number of sulfonamides is 1. The van der Waals surface area contributed by atoms with Crippen LogP contribution in [-0.4, -0.2) is 42.0 Å². The van der Waals surface area contributed by atoms with Crippen molar-refractivity contribution in [1.29, 1.82) is 0 Å². The van der Waals surface area contributed by atoms with Gasteiger partial charge in [0.1, 0.15) is 17.5 Å². The Labute approximate surface area is 173 Å². The highest BCUT2D eigenvalue weighted by molar-refractivity contribution is 7.89. The third-order valence-corrected chi connectivity index (χ3v) is 6.21.